The third kappa shape index (κ3) is 2.45. The van der Waals surface area contributed by atoms with Crippen LogP contribution in [0.25, 0.3) is 0 Å². The number of ether oxygens (including phenoxy) is 1. The van der Waals surface area contributed by atoms with Crippen LogP contribution in [0.5, 0.6) is 0 Å². The summed E-state index contributed by atoms with van der Waals surface area (Å²) in [4.78, 5) is 25.7. The lowest BCUT2D eigenvalue weighted by Gasteiger charge is -2.25. The molecule has 0 aromatic rings. The van der Waals surface area contributed by atoms with E-state index in [1.54, 1.807) is 4.90 Å². The Balaban J connectivity index is 2.34. The van der Waals surface area contributed by atoms with Crippen LogP contribution in [-0.4, -0.2) is 49.7 Å². The number of hydrogen-bond acceptors (Lipinski definition) is 4. The highest BCUT2D eigenvalue weighted by atomic mass is 16.5. The maximum atomic E-state index is 11.2. The highest BCUT2D eigenvalue weighted by Gasteiger charge is 2.15. The molecule has 0 unspecified atom stereocenters. The lowest BCUT2D eigenvalue weighted by atomic mass is 10.4. The summed E-state index contributed by atoms with van der Waals surface area (Å²) >= 11 is 0. The molecule has 1 rings (SSSR count). The minimum Gasteiger partial charge on any atom is -0.378 e. The molecule has 1 fully saturated rings. The van der Waals surface area contributed by atoms with Crippen molar-refractivity contribution in [3.63, 3.8) is 0 Å². The van der Waals surface area contributed by atoms with Crippen LogP contribution in [0.15, 0.2) is 4.99 Å². The van der Waals surface area contributed by atoms with Gasteiger partial charge in [-0.05, 0) is 0 Å². The second-order valence-corrected chi connectivity index (χ2v) is 2.40. The van der Waals surface area contributed by atoms with E-state index in [9.17, 15) is 9.59 Å². The van der Waals surface area contributed by atoms with Crippen LogP contribution in [0.2, 0.25) is 0 Å². The first kappa shape index (κ1) is 8.90. The molecule has 0 bridgehead atoms. The third-order valence-corrected chi connectivity index (χ3v) is 1.64. The molecule has 1 heterocycles. The predicted octanol–water partition coefficient (Wildman–Crippen LogP) is -0.819. The van der Waals surface area contributed by atoms with Crippen LogP contribution in [0.4, 0.5) is 0 Å². The minimum atomic E-state index is -0.137. The van der Waals surface area contributed by atoms with Crippen LogP contribution in [0, 0.1) is 0 Å². The average molecular weight is 170 g/mol. The van der Waals surface area contributed by atoms with E-state index in [1.165, 1.54) is 6.08 Å². The fourth-order valence-corrected chi connectivity index (χ4v) is 1.01. The average Bonchev–Trinajstić information content (AvgIpc) is 2.15. The number of carbonyl (C=O) groups is 1. The molecule has 0 radical (unpaired) electrons. The van der Waals surface area contributed by atoms with E-state index < -0.39 is 0 Å². The fraction of sp³-hybridized carbons (Fsp3) is 0.714. The van der Waals surface area contributed by atoms with Gasteiger partial charge < -0.3 is 9.64 Å². The van der Waals surface area contributed by atoms with Gasteiger partial charge in [0.15, 0.2) is 0 Å². The van der Waals surface area contributed by atoms with E-state index in [1.807, 2.05) is 0 Å². The van der Waals surface area contributed by atoms with E-state index in [-0.39, 0.29) is 12.5 Å². The number of isocyanates is 1. The van der Waals surface area contributed by atoms with E-state index in [0.717, 1.165) is 0 Å². The molecule has 12 heavy (non-hydrogen) atoms. The van der Waals surface area contributed by atoms with Crippen molar-refractivity contribution in [1.29, 1.82) is 0 Å². The molecule has 5 nitrogen and oxygen atoms in total. The minimum absolute atomic E-state index is 0.0938. The number of rotatable bonds is 2. The van der Waals surface area contributed by atoms with Crippen molar-refractivity contribution in [2.75, 3.05) is 32.8 Å². The van der Waals surface area contributed by atoms with Crippen molar-refractivity contribution in [3.05, 3.63) is 0 Å². The maximum Gasteiger partial charge on any atom is 0.245 e. The van der Waals surface area contributed by atoms with Gasteiger partial charge in [0.2, 0.25) is 12.0 Å². The van der Waals surface area contributed by atoms with Gasteiger partial charge in [0.1, 0.15) is 6.54 Å². The zero-order valence-electron chi connectivity index (χ0n) is 6.65. The van der Waals surface area contributed by atoms with Gasteiger partial charge in [0.05, 0.1) is 13.2 Å². The lowest BCUT2D eigenvalue weighted by Crippen LogP contribution is -2.41. The van der Waals surface area contributed by atoms with Crippen molar-refractivity contribution < 1.29 is 14.3 Å². The summed E-state index contributed by atoms with van der Waals surface area (Å²) in [6.07, 6.45) is 1.33. The number of amides is 1. The first-order chi connectivity index (χ1) is 5.84. The standard InChI is InChI=1S/C7H10N2O3/c10-6-8-5-7(11)9-1-3-12-4-2-9/h1-5H2. The molecule has 0 saturated carbocycles. The summed E-state index contributed by atoms with van der Waals surface area (Å²) in [6, 6.07) is 0. The molecule has 0 atom stereocenters. The van der Waals surface area contributed by atoms with Crippen LogP contribution in [0.3, 0.4) is 0 Å². The van der Waals surface area contributed by atoms with Crippen molar-refractivity contribution in [2.45, 2.75) is 0 Å². The highest BCUT2D eigenvalue weighted by molar-refractivity contribution is 5.79. The Morgan fingerprint density at radius 2 is 2.17 bits per heavy atom. The van der Waals surface area contributed by atoms with Gasteiger partial charge in [0, 0.05) is 13.1 Å². The van der Waals surface area contributed by atoms with Gasteiger partial charge in [-0.3, -0.25) is 4.79 Å². The topological polar surface area (TPSA) is 59.0 Å². The van der Waals surface area contributed by atoms with Gasteiger partial charge in [-0.25, -0.2) is 4.79 Å². The molecule has 0 spiro atoms. The molecule has 0 aromatic heterocycles. The second kappa shape index (κ2) is 4.64. The Bertz CT molecular complexity index is 205. The van der Waals surface area contributed by atoms with Gasteiger partial charge in [-0.15, -0.1) is 0 Å². The molecular formula is C7H10N2O3. The Morgan fingerprint density at radius 1 is 1.50 bits per heavy atom. The monoisotopic (exact) mass is 170 g/mol. The molecule has 1 aliphatic heterocycles. The summed E-state index contributed by atoms with van der Waals surface area (Å²) in [5, 5.41) is 0. The number of hydrogen-bond donors (Lipinski definition) is 0. The van der Waals surface area contributed by atoms with Gasteiger partial charge in [-0.2, -0.15) is 4.99 Å². The number of morpholine rings is 1. The first-order valence-corrected chi connectivity index (χ1v) is 3.74. The number of aliphatic imine (C=N–C) groups is 1. The number of carbonyl (C=O) groups excluding carboxylic acids is 2. The molecule has 0 N–H and O–H groups in total. The Labute approximate surface area is 70.0 Å². The fourth-order valence-electron chi connectivity index (χ4n) is 1.01. The Morgan fingerprint density at radius 3 is 2.75 bits per heavy atom. The maximum absolute atomic E-state index is 11.2. The summed E-state index contributed by atoms with van der Waals surface area (Å²) < 4.78 is 5.05. The molecule has 1 saturated heterocycles. The molecule has 66 valence electrons. The largest absolute Gasteiger partial charge is 0.378 e. The predicted molar refractivity (Wildman–Crippen MR) is 40.4 cm³/mol. The first-order valence-electron chi connectivity index (χ1n) is 3.74. The van der Waals surface area contributed by atoms with E-state index in [2.05, 4.69) is 4.99 Å². The van der Waals surface area contributed by atoms with Gasteiger partial charge in [-0.1, -0.05) is 0 Å². The van der Waals surface area contributed by atoms with Crippen LogP contribution >= 0.6 is 0 Å². The molecule has 5 heteroatoms. The van der Waals surface area contributed by atoms with Crippen LogP contribution in [-0.2, 0) is 14.3 Å². The normalized spacial score (nSPS) is 16.8. The van der Waals surface area contributed by atoms with Crippen LogP contribution < -0.4 is 0 Å². The Kier molecular flexibility index (Phi) is 3.44. The zero-order chi connectivity index (χ0) is 8.81. The molecule has 1 amide bonds. The van der Waals surface area contributed by atoms with Crippen molar-refractivity contribution in [1.82, 2.24) is 4.90 Å². The summed E-state index contributed by atoms with van der Waals surface area (Å²) in [5.41, 5.74) is 0. The van der Waals surface area contributed by atoms with E-state index >= 15 is 0 Å². The molecule has 1 aliphatic rings. The van der Waals surface area contributed by atoms with Gasteiger partial charge >= 0.3 is 0 Å². The van der Waals surface area contributed by atoms with Crippen molar-refractivity contribution in [2.24, 2.45) is 4.99 Å². The van der Waals surface area contributed by atoms with Crippen molar-refractivity contribution >= 4 is 12.0 Å². The molecule has 0 aromatic carbocycles. The van der Waals surface area contributed by atoms with E-state index in [4.69, 9.17) is 4.74 Å². The summed E-state index contributed by atoms with van der Waals surface area (Å²) in [6.45, 7) is 2.22. The highest BCUT2D eigenvalue weighted by Crippen LogP contribution is 1.96. The van der Waals surface area contributed by atoms with Gasteiger partial charge in [0.25, 0.3) is 0 Å². The summed E-state index contributed by atoms with van der Waals surface area (Å²) in [5.74, 6) is -0.137. The number of nitrogens with zero attached hydrogens (tertiary/aromatic N) is 2. The summed E-state index contributed by atoms with van der Waals surface area (Å²) in [7, 11) is 0. The van der Waals surface area contributed by atoms with Crippen LogP contribution in [0.1, 0.15) is 0 Å². The SMILES string of the molecule is O=C=NCC(=O)N1CCOCC1. The second-order valence-electron chi connectivity index (χ2n) is 2.40. The third-order valence-electron chi connectivity index (χ3n) is 1.64. The van der Waals surface area contributed by atoms with E-state index in [0.29, 0.717) is 26.3 Å². The van der Waals surface area contributed by atoms with Crippen molar-refractivity contribution in [3.8, 4) is 0 Å². The lowest BCUT2D eigenvalue weighted by molar-refractivity contribution is -0.133. The zero-order valence-corrected chi connectivity index (χ0v) is 6.65. The molecular weight excluding hydrogens is 160 g/mol. The Hall–Kier alpha value is -1.19. The smallest absolute Gasteiger partial charge is 0.245 e. The molecule has 0 aliphatic carbocycles. The quantitative estimate of drug-likeness (QED) is 0.402.